The Balaban J connectivity index is 1.38. The summed E-state index contributed by atoms with van der Waals surface area (Å²) in [5.41, 5.74) is 3.82. The molecule has 0 radical (unpaired) electrons. The number of anilines is 1. The second kappa shape index (κ2) is 10.6. The highest BCUT2D eigenvalue weighted by Crippen LogP contribution is 2.44. The molecule has 1 amide bonds. The van der Waals surface area contributed by atoms with Crippen LogP contribution in [0.2, 0.25) is 5.02 Å². The zero-order valence-electron chi connectivity index (χ0n) is 20.7. The molecule has 2 N–H and O–H groups in total. The van der Waals surface area contributed by atoms with Crippen LogP contribution in [0.25, 0.3) is 17.4 Å². The average Bonchev–Trinajstić information content (AvgIpc) is 3.42. The van der Waals surface area contributed by atoms with Gasteiger partial charge in [-0.15, -0.1) is 11.3 Å². The van der Waals surface area contributed by atoms with Crippen LogP contribution in [-0.4, -0.2) is 11.0 Å². The predicted molar refractivity (Wildman–Crippen MR) is 151 cm³/mol. The van der Waals surface area contributed by atoms with Crippen LogP contribution in [-0.2, 0) is 17.6 Å². The Morgan fingerprint density at radius 3 is 2.78 bits per heavy atom. The fraction of sp³-hybridized carbons (Fsp3) is 0.321. The van der Waals surface area contributed by atoms with Gasteiger partial charge in [0.1, 0.15) is 22.6 Å². The number of thiophene rings is 1. The zero-order valence-corrected chi connectivity index (χ0v) is 23.1. The Bertz CT molecular complexity index is 1390. The molecular formula is C28H28ClN3O2S2. The second-order valence-electron chi connectivity index (χ2n) is 10.1. The van der Waals surface area contributed by atoms with Crippen LogP contribution in [0.3, 0.4) is 0 Å². The highest BCUT2D eigenvalue weighted by molar-refractivity contribution is 7.80. The monoisotopic (exact) mass is 537 g/mol. The Kier molecular flexibility index (Phi) is 7.70. The number of benzene rings is 1. The summed E-state index contributed by atoms with van der Waals surface area (Å²) in [6.07, 6.45) is 5.85. The van der Waals surface area contributed by atoms with Gasteiger partial charge in [-0.3, -0.25) is 10.1 Å². The summed E-state index contributed by atoms with van der Waals surface area (Å²) in [6.45, 7) is 8.73. The number of hydrogen-bond acceptors (Lipinski definition) is 5. The molecule has 4 rings (SSSR count). The van der Waals surface area contributed by atoms with Gasteiger partial charge in [-0.05, 0) is 85.1 Å². The second-order valence-corrected chi connectivity index (χ2v) is 12.0. The minimum absolute atomic E-state index is 0.154. The Labute approximate surface area is 226 Å². The molecule has 2 heterocycles. The fourth-order valence-corrected chi connectivity index (χ4v) is 6.05. The number of amides is 1. The van der Waals surface area contributed by atoms with E-state index < -0.39 is 5.91 Å². The summed E-state index contributed by atoms with van der Waals surface area (Å²) in [4.78, 5) is 13.7. The Morgan fingerprint density at radius 2 is 2.08 bits per heavy atom. The minimum Gasteiger partial charge on any atom is -0.457 e. The van der Waals surface area contributed by atoms with Crippen molar-refractivity contribution in [3.05, 3.63) is 68.8 Å². The molecule has 0 saturated heterocycles. The van der Waals surface area contributed by atoms with E-state index in [4.69, 9.17) is 28.2 Å². The summed E-state index contributed by atoms with van der Waals surface area (Å²) in [5, 5.41) is 17.0. The van der Waals surface area contributed by atoms with E-state index in [1.165, 1.54) is 11.0 Å². The third kappa shape index (κ3) is 5.89. The van der Waals surface area contributed by atoms with Crippen molar-refractivity contribution in [2.75, 3.05) is 5.32 Å². The molecule has 2 aromatic heterocycles. The first-order chi connectivity index (χ1) is 17.0. The van der Waals surface area contributed by atoms with Gasteiger partial charge in [0.25, 0.3) is 0 Å². The van der Waals surface area contributed by atoms with Crippen molar-refractivity contribution in [2.45, 2.75) is 47.0 Å². The molecule has 0 aliphatic heterocycles. The molecule has 0 spiro atoms. The molecule has 186 valence electrons. The number of thiocarbonyl (C=S) groups is 1. The number of carbonyl (C=O) groups is 1. The molecule has 36 heavy (non-hydrogen) atoms. The fourth-order valence-electron chi connectivity index (χ4n) is 4.32. The van der Waals surface area contributed by atoms with Crippen LogP contribution in [0, 0.1) is 29.6 Å². The number of fused-ring (bicyclic) bond motifs is 1. The van der Waals surface area contributed by atoms with Crippen LogP contribution >= 0.6 is 35.2 Å². The summed E-state index contributed by atoms with van der Waals surface area (Å²) < 4.78 is 5.82. The summed E-state index contributed by atoms with van der Waals surface area (Å²) in [7, 11) is 0. The van der Waals surface area contributed by atoms with Gasteiger partial charge in [0.2, 0.25) is 5.91 Å². The maximum absolute atomic E-state index is 12.4. The number of nitrogens with zero attached hydrogens (tertiary/aromatic N) is 1. The maximum Gasteiger partial charge on any atom is 0.250 e. The van der Waals surface area contributed by atoms with E-state index in [-0.39, 0.29) is 10.5 Å². The number of furan rings is 1. The zero-order chi connectivity index (χ0) is 26.0. The summed E-state index contributed by atoms with van der Waals surface area (Å²) >= 11 is 13.1. The first-order valence-electron chi connectivity index (χ1n) is 11.8. The quantitative estimate of drug-likeness (QED) is 0.266. The summed E-state index contributed by atoms with van der Waals surface area (Å²) in [6, 6.07) is 11.7. The third-order valence-electron chi connectivity index (χ3n) is 6.55. The number of hydrogen-bond donors (Lipinski definition) is 2. The maximum atomic E-state index is 12.4. The number of aryl methyl sites for hydroxylation is 1. The van der Waals surface area contributed by atoms with E-state index in [2.05, 4.69) is 37.5 Å². The largest absolute Gasteiger partial charge is 0.457 e. The molecule has 3 aromatic rings. The summed E-state index contributed by atoms with van der Waals surface area (Å²) in [5.74, 6) is 1.37. The molecule has 8 heteroatoms. The molecule has 1 aliphatic carbocycles. The topological polar surface area (TPSA) is 78.1 Å². The minimum atomic E-state index is -0.392. The molecule has 0 fully saturated rings. The standard InChI is InChI=1S/C28H28ClN3O2S2/c1-16-5-6-17(13-22(16)29)23-11-8-19(34-23)9-12-25(33)31-27(35)32-26-21(15-30)20-10-7-18(28(2,3)4)14-24(20)36-26/h5-6,8-9,11-13,18H,7,10,14H2,1-4H3,(H2,31,32,33,35)/b12-9+/t18-/m1/s1. The Morgan fingerprint density at radius 1 is 1.31 bits per heavy atom. The SMILES string of the molecule is Cc1ccc(-c2ccc(/C=C/C(=O)NC(=S)Nc3sc4c(c3C#N)CC[C@@H](C(C)(C)C)C4)o2)cc1Cl. The van der Waals surface area contributed by atoms with E-state index >= 15 is 0 Å². The van der Waals surface area contributed by atoms with Gasteiger partial charge in [0.15, 0.2) is 5.11 Å². The van der Waals surface area contributed by atoms with Crippen LogP contribution in [0.1, 0.15) is 54.5 Å². The highest BCUT2D eigenvalue weighted by atomic mass is 35.5. The number of nitrogens with one attached hydrogen (secondary N) is 2. The molecule has 0 unspecified atom stereocenters. The highest BCUT2D eigenvalue weighted by Gasteiger charge is 2.32. The van der Waals surface area contributed by atoms with Crippen molar-refractivity contribution in [3.63, 3.8) is 0 Å². The average molecular weight is 538 g/mol. The lowest BCUT2D eigenvalue weighted by molar-refractivity contribution is -0.115. The molecule has 0 saturated carbocycles. The molecule has 1 aromatic carbocycles. The van der Waals surface area contributed by atoms with Crippen molar-refractivity contribution in [2.24, 2.45) is 11.3 Å². The van der Waals surface area contributed by atoms with Crippen molar-refractivity contribution < 1.29 is 9.21 Å². The van der Waals surface area contributed by atoms with Crippen LogP contribution in [0.15, 0.2) is 40.8 Å². The first kappa shape index (κ1) is 26.2. The van der Waals surface area contributed by atoms with E-state index in [9.17, 15) is 10.1 Å². The van der Waals surface area contributed by atoms with Gasteiger partial charge in [0, 0.05) is 21.5 Å². The molecule has 1 aliphatic rings. The van der Waals surface area contributed by atoms with E-state index in [0.29, 0.717) is 33.0 Å². The van der Waals surface area contributed by atoms with E-state index in [1.54, 1.807) is 23.5 Å². The predicted octanol–water partition coefficient (Wildman–Crippen LogP) is 7.52. The molecular weight excluding hydrogens is 510 g/mol. The lowest BCUT2D eigenvalue weighted by atomic mass is 9.72. The van der Waals surface area contributed by atoms with Gasteiger partial charge in [0.05, 0.1) is 5.56 Å². The van der Waals surface area contributed by atoms with Gasteiger partial charge >= 0.3 is 0 Å². The molecule has 5 nitrogen and oxygen atoms in total. The van der Waals surface area contributed by atoms with Crippen molar-refractivity contribution in [1.82, 2.24) is 5.32 Å². The molecule has 0 bridgehead atoms. The smallest absolute Gasteiger partial charge is 0.250 e. The van der Waals surface area contributed by atoms with Gasteiger partial charge in [-0.1, -0.05) is 44.5 Å². The number of carbonyl (C=O) groups excluding carboxylic acids is 1. The van der Waals surface area contributed by atoms with E-state index in [1.807, 2.05) is 31.2 Å². The van der Waals surface area contributed by atoms with Crippen LogP contribution < -0.4 is 10.6 Å². The normalized spacial score (nSPS) is 15.4. The third-order valence-corrected chi connectivity index (χ3v) is 8.33. The van der Waals surface area contributed by atoms with Crippen molar-refractivity contribution in [3.8, 4) is 17.4 Å². The van der Waals surface area contributed by atoms with Crippen LogP contribution in [0.5, 0.6) is 0 Å². The first-order valence-corrected chi connectivity index (χ1v) is 13.4. The number of nitriles is 1. The van der Waals surface area contributed by atoms with Gasteiger partial charge < -0.3 is 9.73 Å². The lowest BCUT2D eigenvalue weighted by Crippen LogP contribution is -2.32. The number of rotatable bonds is 4. The van der Waals surface area contributed by atoms with Gasteiger partial charge in [-0.25, -0.2) is 0 Å². The molecule has 1 atom stereocenters. The number of halogens is 1. The van der Waals surface area contributed by atoms with Crippen LogP contribution in [0.4, 0.5) is 5.00 Å². The van der Waals surface area contributed by atoms with Crippen molar-refractivity contribution in [1.29, 1.82) is 5.26 Å². The van der Waals surface area contributed by atoms with Crippen molar-refractivity contribution >= 4 is 57.3 Å². The van der Waals surface area contributed by atoms with Gasteiger partial charge in [-0.2, -0.15) is 5.26 Å². The van der Waals surface area contributed by atoms with E-state index in [0.717, 1.165) is 36.0 Å². The Hall–Kier alpha value is -2.92. The lowest BCUT2D eigenvalue weighted by Gasteiger charge is -2.33.